The molecule has 2 amide bonds. The van der Waals surface area contributed by atoms with E-state index in [1.807, 2.05) is 0 Å². The van der Waals surface area contributed by atoms with E-state index in [2.05, 4.69) is 5.43 Å². The summed E-state index contributed by atoms with van der Waals surface area (Å²) in [4.78, 5) is 50.0. The number of carbonyl (C=O) groups excluding carboxylic acids is 3. The van der Waals surface area contributed by atoms with Gasteiger partial charge in [-0.3, -0.25) is 29.6 Å². The summed E-state index contributed by atoms with van der Waals surface area (Å²) in [5.41, 5.74) is 1.93. The molecule has 1 aliphatic rings. The molecule has 3 aromatic rings. The molecule has 0 saturated carbocycles. The van der Waals surface area contributed by atoms with Crippen LogP contribution in [0.4, 0.5) is 13.2 Å². The minimum Gasteiger partial charge on any atom is -0.503 e. The Bertz CT molecular complexity index is 1500. The molecule has 0 atom stereocenters. The summed E-state index contributed by atoms with van der Waals surface area (Å²) in [5, 5.41) is 11.2. The first-order valence-corrected chi connectivity index (χ1v) is 11.6. The van der Waals surface area contributed by atoms with Crippen LogP contribution in [0.1, 0.15) is 39.9 Å². The standard InChI is InChI=1S/C27H22F3N3O5/c28-19-6-3-16(4-7-19)14-32-15-17(10-18-5-8-20(29)12-22(18)30)11-21(27(32)38)23(34)13-24(35)26(37)31-33-9-1-2-25(33)36/h3-8,11-13,15,35H,1-2,9-10,14H2,(H,31,37). The molecular weight excluding hydrogens is 503 g/mol. The van der Waals surface area contributed by atoms with Crippen LogP contribution >= 0.6 is 0 Å². The number of benzene rings is 2. The highest BCUT2D eigenvalue weighted by atomic mass is 19.1. The Kier molecular flexibility index (Phi) is 7.75. The van der Waals surface area contributed by atoms with E-state index < -0.39 is 46.0 Å². The third-order valence-corrected chi connectivity index (χ3v) is 5.89. The molecule has 1 saturated heterocycles. The van der Waals surface area contributed by atoms with Gasteiger partial charge in [-0.05, 0) is 47.4 Å². The van der Waals surface area contributed by atoms with Crippen LogP contribution in [0.5, 0.6) is 0 Å². The normalized spacial score (nSPS) is 13.6. The molecule has 0 radical (unpaired) electrons. The van der Waals surface area contributed by atoms with Crippen molar-refractivity contribution >= 4 is 17.6 Å². The van der Waals surface area contributed by atoms with E-state index in [0.717, 1.165) is 15.6 Å². The van der Waals surface area contributed by atoms with Crippen LogP contribution < -0.4 is 11.0 Å². The number of hydrogen-bond acceptors (Lipinski definition) is 5. The van der Waals surface area contributed by atoms with Crippen molar-refractivity contribution in [1.29, 1.82) is 0 Å². The maximum Gasteiger partial charge on any atom is 0.304 e. The van der Waals surface area contributed by atoms with Gasteiger partial charge in [-0.2, -0.15) is 0 Å². The summed E-state index contributed by atoms with van der Waals surface area (Å²) < 4.78 is 42.1. The van der Waals surface area contributed by atoms with Gasteiger partial charge in [0, 0.05) is 37.7 Å². The number of allylic oxidation sites excluding steroid dienone is 1. The predicted molar refractivity (Wildman–Crippen MR) is 130 cm³/mol. The van der Waals surface area contributed by atoms with E-state index in [0.29, 0.717) is 29.7 Å². The third kappa shape index (κ3) is 6.17. The minimum atomic E-state index is -1.11. The Balaban J connectivity index is 1.67. The number of aromatic nitrogens is 1. The molecule has 196 valence electrons. The van der Waals surface area contributed by atoms with E-state index in [4.69, 9.17) is 0 Å². The molecule has 0 unspecified atom stereocenters. The largest absolute Gasteiger partial charge is 0.503 e. The SMILES string of the molecule is O=C(NN1CCCC1=O)C(O)=CC(=O)c1cc(Cc2ccc(F)cc2F)cn(Cc2ccc(F)cc2)c1=O. The molecule has 1 fully saturated rings. The average molecular weight is 525 g/mol. The molecule has 2 aromatic carbocycles. The van der Waals surface area contributed by atoms with Gasteiger partial charge in [-0.15, -0.1) is 0 Å². The van der Waals surface area contributed by atoms with Crippen molar-refractivity contribution in [1.82, 2.24) is 15.0 Å². The highest BCUT2D eigenvalue weighted by Crippen LogP contribution is 2.16. The molecule has 0 aliphatic carbocycles. The molecule has 2 heterocycles. The van der Waals surface area contributed by atoms with Crippen LogP contribution in [0.25, 0.3) is 0 Å². The van der Waals surface area contributed by atoms with Crippen molar-refractivity contribution in [3.63, 3.8) is 0 Å². The number of amides is 2. The number of halogens is 3. The molecule has 1 aromatic heterocycles. The Labute approximate surface area is 214 Å². The first kappa shape index (κ1) is 26.4. The summed E-state index contributed by atoms with van der Waals surface area (Å²) in [6.45, 7) is 0.189. The molecule has 0 bridgehead atoms. The Morgan fingerprint density at radius 3 is 2.34 bits per heavy atom. The van der Waals surface area contributed by atoms with Crippen molar-refractivity contribution in [2.75, 3.05) is 6.54 Å². The minimum absolute atomic E-state index is 0.0631. The van der Waals surface area contributed by atoms with Crippen LogP contribution in [0.3, 0.4) is 0 Å². The number of nitrogens with one attached hydrogen (secondary N) is 1. The second-order valence-electron chi connectivity index (χ2n) is 8.72. The number of aliphatic hydroxyl groups excluding tert-OH is 1. The van der Waals surface area contributed by atoms with Gasteiger partial charge in [-0.25, -0.2) is 13.2 Å². The quantitative estimate of drug-likeness (QED) is 0.267. The van der Waals surface area contributed by atoms with Gasteiger partial charge in [0.15, 0.2) is 11.5 Å². The number of aliphatic hydroxyl groups is 1. The number of nitrogens with zero attached hydrogens (tertiary/aromatic N) is 2. The maximum absolute atomic E-state index is 14.3. The molecular formula is C27H22F3N3O5. The summed E-state index contributed by atoms with van der Waals surface area (Å²) in [5.74, 6) is -5.55. The van der Waals surface area contributed by atoms with Gasteiger partial charge in [-0.1, -0.05) is 18.2 Å². The lowest BCUT2D eigenvalue weighted by Crippen LogP contribution is -2.43. The fourth-order valence-corrected chi connectivity index (χ4v) is 3.97. The molecule has 0 spiro atoms. The number of hydrogen-bond donors (Lipinski definition) is 2. The second kappa shape index (κ2) is 11.2. The zero-order chi connectivity index (χ0) is 27.4. The number of ketones is 1. The fourth-order valence-electron chi connectivity index (χ4n) is 3.97. The second-order valence-corrected chi connectivity index (χ2v) is 8.72. The lowest BCUT2D eigenvalue weighted by molar-refractivity contribution is -0.137. The number of rotatable bonds is 8. The molecule has 2 N–H and O–H groups in total. The van der Waals surface area contributed by atoms with Gasteiger partial charge in [0.25, 0.3) is 5.56 Å². The van der Waals surface area contributed by atoms with E-state index in [9.17, 15) is 37.5 Å². The van der Waals surface area contributed by atoms with Crippen LogP contribution in [-0.4, -0.2) is 38.8 Å². The van der Waals surface area contributed by atoms with E-state index in [1.54, 1.807) is 0 Å². The van der Waals surface area contributed by atoms with Crippen LogP contribution in [-0.2, 0) is 22.6 Å². The lowest BCUT2D eigenvalue weighted by Gasteiger charge is -2.16. The van der Waals surface area contributed by atoms with Crippen LogP contribution in [0.15, 0.2) is 71.4 Å². The topological polar surface area (TPSA) is 109 Å². The van der Waals surface area contributed by atoms with Crippen molar-refractivity contribution < 1.29 is 32.7 Å². The molecule has 38 heavy (non-hydrogen) atoms. The number of hydrazine groups is 1. The van der Waals surface area contributed by atoms with Crippen molar-refractivity contribution in [3.05, 3.63) is 117 Å². The summed E-state index contributed by atoms with van der Waals surface area (Å²) in [6, 6.07) is 9.52. The Morgan fingerprint density at radius 1 is 0.974 bits per heavy atom. The van der Waals surface area contributed by atoms with Crippen molar-refractivity contribution in [3.8, 4) is 0 Å². The smallest absolute Gasteiger partial charge is 0.304 e. The average Bonchev–Trinajstić information content (AvgIpc) is 3.28. The van der Waals surface area contributed by atoms with Crippen molar-refractivity contribution in [2.45, 2.75) is 25.8 Å². The van der Waals surface area contributed by atoms with E-state index in [1.165, 1.54) is 42.6 Å². The van der Waals surface area contributed by atoms with Gasteiger partial charge in [0.1, 0.15) is 17.5 Å². The monoisotopic (exact) mass is 525 g/mol. The first-order chi connectivity index (χ1) is 18.1. The fraction of sp³-hybridized carbons (Fsp3) is 0.185. The molecule has 4 rings (SSSR count). The van der Waals surface area contributed by atoms with Crippen LogP contribution in [0.2, 0.25) is 0 Å². The highest BCUT2D eigenvalue weighted by molar-refractivity contribution is 6.08. The van der Waals surface area contributed by atoms with Crippen LogP contribution in [0, 0.1) is 17.5 Å². The number of carbonyl (C=O) groups is 3. The summed E-state index contributed by atoms with van der Waals surface area (Å²) in [7, 11) is 0. The predicted octanol–water partition coefficient (Wildman–Crippen LogP) is 3.18. The third-order valence-electron chi connectivity index (χ3n) is 5.89. The zero-order valence-corrected chi connectivity index (χ0v) is 19.9. The Morgan fingerprint density at radius 2 is 1.68 bits per heavy atom. The van der Waals surface area contributed by atoms with Crippen molar-refractivity contribution in [2.24, 2.45) is 0 Å². The Hall–Kier alpha value is -4.67. The first-order valence-electron chi connectivity index (χ1n) is 11.6. The summed E-state index contributed by atoms with van der Waals surface area (Å²) >= 11 is 0. The van der Waals surface area contributed by atoms with Gasteiger partial charge >= 0.3 is 5.91 Å². The van der Waals surface area contributed by atoms with E-state index in [-0.39, 0.29) is 37.4 Å². The van der Waals surface area contributed by atoms with Gasteiger partial charge < -0.3 is 9.67 Å². The molecule has 1 aliphatic heterocycles. The van der Waals surface area contributed by atoms with Gasteiger partial charge in [0.2, 0.25) is 5.91 Å². The maximum atomic E-state index is 14.3. The molecule has 11 heteroatoms. The number of pyridine rings is 1. The molecule has 8 nitrogen and oxygen atoms in total. The lowest BCUT2D eigenvalue weighted by atomic mass is 10.0. The van der Waals surface area contributed by atoms with E-state index >= 15 is 0 Å². The highest BCUT2D eigenvalue weighted by Gasteiger charge is 2.24. The van der Waals surface area contributed by atoms with Gasteiger partial charge in [0.05, 0.1) is 12.1 Å². The zero-order valence-electron chi connectivity index (χ0n) is 19.9. The summed E-state index contributed by atoms with van der Waals surface area (Å²) in [6.07, 6.45) is 2.59.